The molecule has 1 saturated carbocycles. The summed E-state index contributed by atoms with van der Waals surface area (Å²) in [4.78, 5) is 11.3. The summed E-state index contributed by atoms with van der Waals surface area (Å²) in [5, 5.41) is 12.5. The zero-order chi connectivity index (χ0) is 11.1. The van der Waals surface area contributed by atoms with Crippen LogP contribution < -0.4 is 5.32 Å². The molecule has 1 aliphatic carbocycles. The van der Waals surface area contributed by atoms with Crippen molar-refractivity contribution in [3.8, 4) is 0 Å². The van der Waals surface area contributed by atoms with Gasteiger partial charge in [0.25, 0.3) is 0 Å². The van der Waals surface area contributed by atoms with Gasteiger partial charge >= 0.3 is 5.97 Å². The van der Waals surface area contributed by atoms with Gasteiger partial charge in [0.1, 0.15) is 5.67 Å². The number of carbonyl (C=O) groups is 1. The van der Waals surface area contributed by atoms with Crippen LogP contribution in [-0.4, -0.2) is 29.8 Å². The fourth-order valence-corrected chi connectivity index (χ4v) is 3.25. The van der Waals surface area contributed by atoms with Crippen LogP contribution in [0.3, 0.4) is 0 Å². The lowest BCUT2D eigenvalue weighted by Crippen LogP contribution is -2.57. The molecule has 2 rings (SSSR count). The number of piperidine rings is 1. The molecule has 0 unspecified atom stereocenters. The van der Waals surface area contributed by atoms with E-state index in [1.54, 1.807) is 0 Å². The summed E-state index contributed by atoms with van der Waals surface area (Å²) in [7, 11) is 0. The third-order valence-electron chi connectivity index (χ3n) is 3.91. The molecule has 1 saturated heterocycles. The molecule has 86 valence electrons. The van der Waals surface area contributed by atoms with Gasteiger partial charge in [-0.15, -0.1) is 0 Å². The predicted octanol–water partition coefficient (Wildman–Crippen LogP) is 1.58. The van der Waals surface area contributed by atoms with Crippen molar-refractivity contribution in [3.05, 3.63) is 0 Å². The van der Waals surface area contributed by atoms with Crippen molar-refractivity contribution in [3.63, 3.8) is 0 Å². The van der Waals surface area contributed by atoms with E-state index in [0.29, 0.717) is 0 Å². The van der Waals surface area contributed by atoms with Gasteiger partial charge in [0.05, 0.1) is 5.41 Å². The third kappa shape index (κ3) is 1.75. The number of halogens is 1. The molecule has 0 bridgehead atoms. The van der Waals surface area contributed by atoms with Gasteiger partial charge < -0.3 is 10.4 Å². The van der Waals surface area contributed by atoms with Crippen LogP contribution in [-0.2, 0) is 4.79 Å². The smallest absolute Gasteiger partial charge is 0.310 e. The van der Waals surface area contributed by atoms with E-state index >= 15 is 0 Å². The standard InChI is InChI=1S/C11H18FNO2/c1-10(12)6-11(7-10,9(14)15)8-2-4-13-5-3-8/h8,13H,2-7H2,1H3,(H,14,15). The Balaban J connectivity index is 2.10. The Bertz CT molecular complexity index is 264. The van der Waals surface area contributed by atoms with Crippen LogP contribution in [0, 0.1) is 11.3 Å². The summed E-state index contributed by atoms with van der Waals surface area (Å²) >= 11 is 0. The highest BCUT2D eigenvalue weighted by Crippen LogP contribution is 2.57. The molecule has 0 aromatic carbocycles. The van der Waals surface area contributed by atoms with Gasteiger partial charge in [0.15, 0.2) is 0 Å². The lowest BCUT2D eigenvalue weighted by Gasteiger charge is -2.52. The zero-order valence-electron chi connectivity index (χ0n) is 9.05. The first-order chi connectivity index (χ1) is 6.96. The maximum atomic E-state index is 13.5. The Morgan fingerprint density at radius 2 is 1.93 bits per heavy atom. The summed E-state index contributed by atoms with van der Waals surface area (Å²) in [6.45, 7) is 3.24. The molecule has 0 atom stereocenters. The number of alkyl halides is 1. The van der Waals surface area contributed by atoms with Crippen molar-refractivity contribution in [2.24, 2.45) is 11.3 Å². The normalized spacial score (nSPS) is 42.3. The maximum Gasteiger partial charge on any atom is 0.310 e. The summed E-state index contributed by atoms with van der Waals surface area (Å²) in [5.74, 6) is -0.649. The molecule has 0 amide bonds. The van der Waals surface area contributed by atoms with Crippen LogP contribution in [0.5, 0.6) is 0 Å². The van der Waals surface area contributed by atoms with Crippen molar-refractivity contribution < 1.29 is 14.3 Å². The fourth-order valence-electron chi connectivity index (χ4n) is 3.25. The Morgan fingerprint density at radius 1 is 1.40 bits per heavy atom. The van der Waals surface area contributed by atoms with Crippen LogP contribution in [0.1, 0.15) is 32.6 Å². The van der Waals surface area contributed by atoms with Gasteiger partial charge in [-0.2, -0.15) is 0 Å². The van der Waals surface area contributed by atoms with Gasteiger partial charge in [-0.1, -0.05) is 0 Å². The Kier molecular flexibility index (Phi) is 2.49. The third-order valence-corrected chi connectivity index (χ3v) is 3.91. The SMILES string of the molecule is CC1(F)CC(C(=O)O)(C2CCNCC2)C1. The van der Waals surface area contributed by atoms with Crippen LogP contribution in [0.2, 0.25) is 0 Å². The molecule has 0 aromatic heterocycles. The highest BCUT2D eigenvalue weighted by atomic mass is 19.1. The van der Waals surface area contributed by atoms with Crippen molar-refractivity contribution in [2.45, 2.75) is 38.3 Å². The maximum absolute atomic E-state index is 13.5. The number of hydrogen-bond donors (Lipinski definition) is 2. The van der Waals surface area contributed by atoms with E-state index in [2.05, 4.69) is 5.32 Å². The monoisotopic (exact) mass is 215 g/mol. The molecule has 15 heavy (non-hydrogen) atoms. The first kappa shape index (κ1) is 10.9. The number of hydrogen-bond acceptors (Lipinski definition) is 2. The van der Waals surface area contributed by atoms with Gasteiger partial charge in [-0.05, 0) is 51.6 Å². The Hall–Kier alpha value is -0.640. The molecular formula is C11H18FNO2. The van der Waals surface area contributed by atoms with Gasteiger partial charge in [-0.3, -0.25) is 4.79 Å². The van der Waals surface area contributed by atoms with Crippen LogP contribution in [0.15, 0.2) is 0 Å². The molecule has 0 aromatic rings. The Morgan fingerprint density at radius 3 is 2.33 bits per heavy atom. The molecule has 2 fully saturated rings. The number of aliphatic carboxylic acids is 1. The zero-order valence-corrected chi connectivity index (χ0v) is 9.05. The molecule has 1 heterocycles. The molecule has 2 aliphatic rings. The van der Waals surface area contributed by atoms with E-state index in [9.17, 15) is 14.3 Å². The molecule has 1 aliphatic heterocycles. The average molecular weight is 215 g/mol. The minimum absolute atomic E-state index is 0.153. The van der Waals surface area contributed by atoms with E-state index in [1.807, 2.05) is 0 Å². The second-order valence-electron chi connectivity index (χ2n) is 5.25. The molecule has 4 heteroatoms. The second-order valence-corrected chi connectivity index (χ2v) is 5.25. The van der Waals surface area contributed by atoms with E-state index in [0.717, 1.165) is 25.9 Å². The first-order valence-corrected chi connectivity index (χ1v) is 5.59. The number of carboxylic acid groups (broad SMARTS) is 1. The highest BCUT2D eigenvalue weighted by molar-refractivity contribution is 5.77. The lowest BCUT2D eigenvalue weighted by molar-refractivity contribution is -0.177. The van der Waals surface area contributed by atoms with Gasteiger partial charge in [-0.25, -0.2) is 4.39 Å². The predicted molar refractivity (Wildman–Crippen MR) is 54.4 cm³/mol. The summed E-state index contributed by atoms with van der Waals surface area (Å²) in [6, 6.07) is 0. The lowest BCUT2D eigenvalue weighted by atomic mass is 9.53. The highest BCUT2D eigenvalue weighted by Gasteiger charge is 2.61. The first-order valence-electron chi connectivity index (χ1n) is 5.59. The topological polar surface area (TPSA) is 49.3 Å². The minimum Gasteiger partial charge on any atom is -0.481 e. The van der Waals surface area contributed by atoms with Gasteiger partial charge in [0.2, 0.25) is 0 Å². The van der Waals surface area contributed by atoms with Crippen molar-refractivity contribution in [1.82, 2.24) is 5.32 Å². The fraction of sp³-hybridized carbons (Fsp3) is 0.909. The number of nitrogens with one attached hydrogen (secondary N) is 1. The van der Waals surface area contributed by atoms with Crippen LogP contribution in [0.4, 0.5) is 4.39 Å². The number of carboxylic acids is 1. The van der Waals surface area contributed by atoms with Crippen molar-refractivity contribution in [2.75, 3.05) is 13.1 Å². The van der Waals surface area contributed by atoms with Crippen molar-refractivity contribution >= 4 is 5.97 Å². The number of rotatable bonds is 2. The van der Waals surface area contributed by atoms with Crippen molar-refractivity contribution in [1.29, 1.82) is 0 Å². The molecule has 0 radical (unpaired) electrons. The van der Waals surface area contributed by atoms with E-state index in [1.165, 1.54) is 6.92 Å². The molecular weight excluding hydrogens is 197 g/mol. The second kappa shape index (κ2) is 3.44. The Labute approximate surface area is 89.0 Å². The summed E-state index contributed by atoms with van der Waals surface area (Å²) in [6.07, 6.45) is 2.12. The average Bonchev–Trinajstić information content (AvgIpc) is 2.14. The minimum atomic E-state index is -1.26. The summed E-state index contributed by atoms with van der Waals surface area (Å²) in [5.41, 5.74) is -2.03. The largest absolute Gasteiger partial charge is 0.481 e. The molecule has 2 N–H and O–H groups in total. The quantitative estimate of drug-likeness (QED) is 0.735. The van der Waals surface area contributed by atoms with E-state index < -0.39 is 17.1 Å². The van der Waals surface area contributed by atoms with Crippen LogP contribution >= 0.6 is 0 Å². The molecule has 0 spiro atoms. The molecule has 3 nitrogen and oxygen atoms in total. The summed E-state index contributed by atoms with van der Waals surface area (Å²) < 4.78 is 13.5. The van der Waals surface area contributed by atoms with Gasteiger partial charge in [0, 0.05) is 0 Å². The van der Waals surface area contributed by atoms with E-state index in [-0.39, 0.29) is 18.8 Å². The van der Waals surface area contributed by atoms with E-state index in [4.69, 9.17) is 0 Å². The van der Waals surface area contributed by atoms with Crippen LogP contribution in [0.25, 0.3) is 0 Å².